The van der Waals surface area contributed by atoms with E-state index in [4.69, 9.17) is 5.26 Å². The quantitative estimate of drug-likeness (QED) is 0.876. The molecule has 1 heterocycles. The summed E-state index contributed by atoms with van der Waals surface area (Å²) in [6.45, 7) is 0.369. The third-order valence-corrected chi connectivity index (χ3v) is 4.78. The van der Waals surface area contributed by atoms with Crippen LogP contribution in [0.15, 0.2) is 29.2 Å². The van der Waals surface area contributed by atoms with Crippen molar-refractivity contribution < 1.29 is 13.2 Å². The van der Waals surface area contributed by atoms with Gasteiger partial charge >= 0.3 is 0 Å². The SMILES string of the molecule is CN1CC(NS(=O)(=O)c2ccc(C#N)cc2)CCC1=O. The summed E-state index contributed by atoms with van der Waals surface area (Å²) in [6, 6.07) is 7.39. The van der Waals surface area contributed by atoms with E-state index in [0.717, 1.165) is 0 Å². The number of rotatable bonds is 3. The number of piperidine rings is 1. The van der Waals surface area contributed by atoms with E-state index in [2.05, 4.69) is 4.72 Å². The standard InChI is InChI=1S/C13H15N3O3S/c1-16-9-11(4-7-13(16)17)15-20(18,19)12-5-2-10(8-14)3-6-12/h2-3,5-6,11,15H,4,7,9H2,1H3. The van der Waals surface area contributed by atoms with Gasteiger partial charge in [-0.05, 0) is 30.7 Å². The number of likely N-dealkylation sites (tertiary alicyclic amines) is 1. The number of carbonyl (C=O) groups excluding carboxylic acids is 1. The average molecular weight is 293 g/mol. The van der Waals surface area contributed by atoms with Gasteiger partial charge in [0.25, 0.3) is 0 Å². The molecule has 1 aromatic rings. The van der Waals surface area contributed by atoms with Crippen molar-refractivity contribution in [3.8, 4) is 6.07 Å². The molecule has 1 aromatic carbocycles. The molecule has 1 aliphatic rings. The van der Waals surface area contributed by atoms with Gasteiger partial charge in [0.2, 0.25) is 15.9 Å². The van der Waals surface area contributed by atoms with Crippen LogP contribution in [0.2, 0.25) is 0 Å². The number of carbonyl (C=O) groups is 1. The molecule has 0 saturated carbocycles. The predicted molar refractivity (Wildman–Crippen MR) is 72.1 cm³/mol. The molecule has 1 fully saturated rings. The van der Waals surface area contributed by atoms with Crippen LogP contribution in [-0.2, 0) is 14.8 Å². The fourth-order valence-corrected chi connectivity index (χ4v) is 3.37. The molecule has 1 unspecified atom stereocenters. The lowest BCUT2D eigenvalue weighted by Gasteiger charge is -2.29. The average Bonchev–Trinajstić information content (AvgIpc) is 2.43. The summed E-state index contributed by atoms with van der Waals surface area (Å²) >= 11 is 0. The Morgan fingerprint density at radius 2 is 2.00 bits per heavy atom. The van der Waals surface area contributed by atoms with Crippen molar-refractivity contribution in [1.29, 1.82) is 5.26 Å². The molecular formula is C13H15N3O3S. The van der Waals surface area contributed by atoms with E-state index in [0.29, 0.717) is 24.9 Å². The number of amides is 1. The van der Waals surface area contributed by atoms with E-state index in [-0.39, 0.29) is 16.8 Å². The number of nitrogens with zero attached hydrogens (tertiary/aromatic N) is 2. The number of sulfonamides is 1. The van der Waals surface area contributed by atoms with Crippen LogP contribution in [0.5, 0.6) is 0 Å². The number of hydrogen-bond donors (Lipinski definition) is 1. The second-order valence-electron chi connectivity index (χ2n) is 4.77. The molecule has 1 N–H and O–H groups in total. The molecule has 0 radical (unpaired) electrons. The Hall–Kier alpha value is -1.91. The van der Waals surface area contributed by atoms with Crippen LogP contribution in [0.3, 0.4) is 0 Å². The second kappa shape index (κ2) is 5.61. The van der Waals surface area contributed by atoms with Crippen molar-refractivity contribution in [3.63, 3.8) is 0 Å². The molecule has 20 heavy (non-hydrogen) atoms. The maximum Gasteiger partial charge on any atom is 0.240 e. The first kappa shape index (κ1) is 14.5. The van der Waals surface area contributed by atoms with Crippen molar-refractivity contribution in [2.75, 3.05) is 13.6 Å². The lowest BCUT2D eigenvalue weighted by Crippen LogP contribution is -2.48. The highest BCUT2D eigenvalue weighted by molar-refractivity contribution is 7.89. The molecule has 7 heteroatoms. The summed E-state index contributed by atoms with van der Waals surface area (Å²) in [6.07, 6.45) is 0.843. The fraction of sp³-hybridized carbons (Fsp3) is 0.385. The predicted octanol–water partition coefficient (Wildman–Crippen LogP) is 0.457. The zero-order chi connectivity index (χ0) is 14.8. The fourth-order valence-electron chi connectivity index (χ4n) is 2.10. The topological polar surface area (TPSA) is 90.3 Å². The summed E-state index contributed by atoms with van der Waals surface area (Å²) in [5.74, 6) is 0.0267. The molecule has 1 atom stereocenters. The Morgan fingerprint density at radius 3 is 2.55 bits per heavy atom. The smallest absolute Gasteiger partial charge is 0.240 e. The maximum absolute atomic E-state index is 12.2. The van der Waals surface area contributed by atoms with Crippen molar-refractivity contribution >= 4 is 15.9 Å². The monoisotopic (exact) mass is 293 g/mol. The van der Waals surface area contributed by atoms with Gasteiger partial charge in [0.15, 0.2) is 0 Å². The van der Waals surface area contributed by atoms with Crippen molar-refractivity contribution in [2.45, 2.75) is 23.8 Å². The molecule has 1 amide bonds. The summed E-state index contributed by atoms with van der Waals surface area (Å²) in [5, 5.41) is 8.69. The van der Waals surface area contributed by atoms with E-state index in [1.54, 1.807) is 7.05 Å². The number of nitriles is 1. The number of benzene rings is 1. The molecule has 0 aliphatic carbocycles. The lowest BCUT2D eigenvalue weighted by molar-refractivity contribution is -0.132. The summed E-state index contributed by atoms with van der Waals surface area (Å²) < 4.78 is 27.0. The Morgan fingerprint density at radius 1 is 1.35 bits per heavy atom. The molecule has 1 saturated heterocycles. The highest BCUT2D eigenvalue weighted by atomic mass is 32.2. The molecule has 2 rings (SSSR count). The van der Waals surface area contributed by atoms with Gasteiger partial charge in [0, 0.05) is 26.1 Å². The van der Waals surface area contributed by atoms with Gasteiger partial charge < -0.3 is 4.90 Å². The van der Waals surface area contributed by atoms with Crippen molar-refractivity contribution in [3.05, 3.63) is 29.8 Å². The highest BCUT2D eigenvalue weighted by Crippen LogP contribution is 2.15. The number of hydrogen-bond acceptors (Lipinski definition) is 4. The van der Waals surface area contributed by atoms with E-state index in [1.807, 2.05) is 6.07 Å². The van der Waals surface area contributed by atoms with Gasteiger partial charge in [-0.2, -0.15) is 5.26 Å². The summed E-state index contributed by atoms with van der Waals surface area (Å²) in [5.41, 5.74) is 0.409. The summed E-state index contributed by atoms with van der Waals surface area (Å²) in [4.78, 5) is 13.0. The van der Waals surface area contributed by atoms with Crippen molar-refractivity contribution in [1.82, 2.24) is 9.62 Å². The van der Waals surface area contributed by atoms with Crippen LogP contribution in [-0.4, -0.2) is 38.9 Å². The molecule has 0 bridgehead atoms. The van der Waals surface area contributed by atoms with E-state index >= 15 is 0 Å². The first-order chi connectivity index (χ1) is 9.42. The van der Waals surface area contributed by atoms with Gasteiger partial charge in [-0.15, -0.1) is 0 Å². The minimum absolute atomic E-state index is 0.0267. The van der Waals surface area contributed by atoms with Crippen LogP contribution in [0, 0.1) is 11.3 Å². The molecule has 1 aliphatic heterocycles. The van der Waals surface area contributed by atoms with Crippen molar-refractivity contribution in [2.24, 2.45) is 0 Å². The Bertz CT molecular complexity index is 646. The third kappa shape index (κ3) is 3.15. The minimum atomic E-state index is -3.62. The molecule has 6 nitrogen and oxygen atoms in total. The zero-order valence-corrected chi connectivity index (χ0v) is 11.9. The highest BCUT2D eigenvalue weighted by Gasteiger charge is 2.27. The molecule has 106 valence electrons. The van der Waals surface area contributed by atoms with Crippen LogP contribution in [0.1, 0.15) is 18.4 Å². The van der Waals surface area contributed by atoms with Crippen LogP contribution < -0.4 is 4.72 Å². The normalized spacial score (nSPS) is 19.7. The Kier molecular flexibility index (Phi) is 4.06. The third-order valence-electron chi connectivity index (χ3n) is 3.24. The first-order valence-corrected chi connectivity index (χ1v) is 7.67. The van der Waals surface area contributed by atoms with E-state index < -0.39 is 10.0 Å². The van der Waals surface area contributed by atoms with Gasteiger partial charge in [-0.25, -0.2) is 13.1 Å². The molecule has 0 aromatic heterocycles. The van der Waals surface area contributed by atoms with Crippen LogP contribution >= 0.6 is 0 Å². The lowest BCUT2D eigenvalue weighted by atomic mass is 10.1. The number of nitrogens with one attached hydrogen (secondary N) is 1. The van der Waals surface area contributed by atoms with Crippen LogP contribution in [0.25, 0.3) is 0 Å². The van der Waals surface area contributed by atoms with Gasteiger partial charge in [-0.1, -0.05) is 0 Å². The van der Waals surface area contributed by atoms with Gasteiger partial charge in [-0.3, -0.25) is 4.79 Å². The number of likely N-dealkylation sites (N-methyl/N-ethyl adjacent to an activating group) is 1. The molecular weight excluding hydrogens is 278 g/mol. The Balaban J connectivity index is 2.11. The zero-order valence-electron chi connectivity index (χ0n) is 11.0. The van der Waals surface area contributed by atoms with Gasteiger partial charge in [0.05, 0.1) is 16.5 Å². The van der Waals surface area contributed by atoms with E-state index in [1.165, 1.54) is 29.2 Å². The van der Waals surface area contributed by atoms with Gasteiger partial charge in [0.1, 0.15) is 0 Å². The Labute approximate surface area is 118 Å². The second-order valence-corrected chi connectivity index (χ2v) is 6.48. The maximum atomic E-state index is 12.2. The van der Waals surface area contributed by atoms with Crippen LogP contribution in [0.4, 0.5) is 0 Å². The van der Waals surface area contributed by atoms with E-state index in [9.17, 15) is 13.2 Å². The first-order valence-electron chi connectivity index (χ1n) is 6.19. The molecule has 0 spiro atoms. The summed E-state index contributed by atoms with van der Waals surface area (Å²) in [7, 11) is -1.97. The minimum Gasteiger partial charge on any atom is -0.344 e. The largest absolute Gasteiger partial charge is 0.344 e.